The second kappa shape index (κ2) is 15.8. The number of carbonyl (C=O) groups is 2. The number of hydrogen-bond acceptors (Lipinski definition) is 12. The van der Waals surface area contributed by atoms with E-state index in [2.05, 4.69) is 31.4 Å². The SMILES string of the molecule is Cc1cn([C@@H]2O[C@H](CO[Si](C)(C)C(C)(C)C)[C@@]3(OS(=O)(=O)C=C3N)[C@H]2O[Si](C)(C)C(C)(C)C)c(=O)n(CCCNC(=O)CNC(=O)[C@@H](N)C(C)C)c1=O. The molecule has 0 aliphatic carbocycles. The molecule has 19 heteroatoms. The van der Waals surface area contributed by atoms with Gasteiger partial charge >= 0.3 is 5.69 Å². The van der Waals surface area contributed by atoms with Crippen molar-refractivity contribution < 1.29 is 35.8 Å². The normalized spacial score (nSPS) is 24.1. The van der Waals surface area contributed by atoms with E-state index in [9.17, 15) is 27.6 Å². The lowest BCUT2D eigenvalue weighted by molar-refractivity contribution is -0.127. The first-order valence-corrected chi connectivity index (χ1v) is 25.3. The van der Waals surface area contributed by atoms with E-state index in [1.807, 2.05) is 47.0 Å². The highest BCUT2D eigenvalue weighted by molar-refractivity contribution is 7.90. The van der Waals surface area contributed by atoms with Crippen LogP contribution in [0.3, 0.4) is 0 Å². The van der Waals surface area contributed by atoms with E-state index in [-0.39, 0.29) is 59.9 Å². The summed E-state index contributed by atoms with van der Waals surface area (Å²) in [5, 5.41) is 5.46. The largest absolute Gasteiger partial charge is 0.414 e. The molecule has 6 N–H and O–H groups in total. The Hall–Kier alpha value is -2.66. The smallest absolute Gasteiger partial charge is 0.333 e. The van der Waals surface area contributed by atoms with Gasteiger partial charge in [0.2, 0.25) is 11.8 Å². The third-order valence-electron chi connectivity index (χ3n) is 11.0. The number of hydrogen-bond donors (Lipinski definition) is 4. The van der Waals surface area contributed by atoms with Gasteiger partial charge in [-0.3, -0.25) is 23.5 Å². The highest BCUT2D eigenvalue weighted by Gasteiger charge is 2.67. The van der Waals surface area contributed by atoms with Crippen molar-refractivity contribution in [1.29, 1.82) is 0 Å². The molecule has 3 heterocycles. The first kappa shape index (κ1) is 44.7. The maximum absolute atomic E-state index is 14.3. The van der Waals surface area contributed by atoms with Gasteiger partial charge < -0.3 is 35.7 Å². The van der Waals surface area contributed by atoms with E-state index in [0.29, 0.717) is 0 Å². The van der Waals surface area contributed by atoms with E-state index >= 15 is 0 Å². The molecule has 2 aliphatic heterocycles. The summed E-state index contributed by atoms with van der Waals surface area (Å²) in [6.45, 7) is 25.1. The average Bonchev–Trinajstić information content (AvgIpc) is 3.44. The summed E-state index contributed by atoms with van der Waals surface area (Å²) in [7, 11) is -9.49. The fourth-order valence-corrected chi connectivity index (χ4v) is 8.97. The van der Waals surface area contributed by atoms with Gasteiger partial charge in [0, 0.05) is 24.8 Å². The summed E-state index contributed by atoms with van der Waals surface area (Å²) >= 11 is 0. The van der Waals surface area contributed by atoms with Crippen molar-refractivity contribution in [3.63, 3.8) is 0 Å². The lowest BCUT2D eigenvalue weighted by Gasteiger charge is -2.43. The highest BCUT2D eigenvalue weighted by Crippen LogP contribution is 2.52. The van der Waals surface area contributed by atoms with Gasteiger partial charge in [-0.15, -0.1) is 0 Å². The molecule has 1 spiro atoms. The van der Waals surface area contributed by atoms with E-state index in [1.165, 1.54) is 10.8 Å². The number of nitrogens with zero attached hydrogens (tertiary/aromatic N) is 2. The van der Waals surface area contributed by atoms with Gasteiger partial charge in [0.15, 0.2) is 28.5 Å². The Bertz CT molecular complexity index is 1800. The molecular weight excluding hydrogens is 741 g/mol. The van der Waals surface area contributed by atoms with Crippen LogP contribution in [0.15, 0.2) is 26.9 Å². The van der Waals surface area contributed by atoms with Gasteiger partial charge in [0.25, 0.3) is 15.7 Å². The van der Waals surface area contributed by atoms with Crippen LogP contribution >= 0.6 is 0 Å². The Kier molecular flexibility index (Phi) is 13.4. The van der Waals surface area contributed by atoms with Gasteiger partial charge in [-0.05, 0) is 55.5 Å². The van der Waals surface area contributed by atoms with Crippen LogP contribution in [-0.4, -0.2) is 89.5 Å². The molecule has 0 aromatic carbocycles. The summed E-state index contributed by atoms with van der Waals surface area (Å²) in [6.07, 6.45) is -2.08. The maximum Gasteiger partial charge on any atom is 0.333 e. The van der Waals surface area contributed by atoms with Crippen LogP contribution in [0, 0.1) is 12.8 Å². The third-order valence-corrected chi connectivity index (χ3v) is 21.0. The van der Waals surface area contributed by atoms with Crippen LogP contribution in [0.25, 0.3) is 0 Å². The molecule has 16 nitrogen and oxygen atoms in total. The Labute approximate surface area is 315 Å². The molecular formula is C34H62N6O10SSi2. The molecule has 1 fully saturated rings. The molecule has 1 aromatic heterocycles. The van der Waals surface area contributed by atoms with Crippen molar-refractivity contribution >= 4 is 38.6 Å². The predicted molar refractivity (Wildman–Crippen MR) is 207 cm³/mol. The highest BCUT2D eigenvalue weighted by atomic mass is 32.2. The second-order valence-corrected chi connectivity index (χ2v) is 28.4. The molecule has 53 heavy (non-hydrogen) atoms. The zero-order valence-electron chi connectivity index (χ0n) is 33.6. The molecule has 0 radical (unpaired) electrons. The molecule has 302 valence electrons. The van der Waals surface area contributed by atoms with Crippen LogP contribution in [0.2, 0.25) is 36.3 Å². The van der Waals surface area contributed by atoms with Crippen molar-refractivity contribution in [3.8, 4) is 0 Å². The fraction of sp³-hybridized carbons (Fsp3) is 0.765. The minimum Gasteiger partial charge on any atom is -0.414 e. The number of amides is 2. The minimum atomic E-state index is -4.29. The molecule has 2 aliphatic rings. The molecule has 3 rings (SSSR count). The van der Waals surface area contributed by atoms with Crippen LogP contribution in [0.4, 0.5) is 0 Å². The van der Waals surface area contributed by atoms with Gasteiger partial charge in [-0.2, -0.15) is 8.42 Å². The molecule has 0 bridgehead atoms. The predicted octanol–water partition coefficient (Wildman–Crippen LogP) is 2.13. The van der Waals surface area contributed by atoms with E-state index < -0.39 is 79.9 Å². The standard InChI is InChI=1S/C34H62N6O10SSi2/c1-21(2)26(36)28(42)38-17-25(41)37-15-14-16-39-29(43)22(3)18-40(31(39)44)30-27(49-53(12,13)33(7,8)9)34(23(35)20-51(45,46)50-34)24(48-30)19-47-52(10,11)32(4,5)6/h18,20-21,24,26-27,30H,14-17,19,35-36H2,1-13H3,(H,37,41)(H,38,42)/t24-,26+,27+,30-,34-/m1/s1. The number of rotatable bonds is 14. The number of carbonyl (C=O) groups excluding carboxylic acids is 2. The molecule has 1 saturated heterocycles. The fourth-order valence-electron chi connectivity index (χ4n) is 5.47. The first-order chi connectivity index (χ1) is 24.0. The van der Waals surface area contributed by atoms with Crippen LogP contribution in [0.5, 0.6) is 0 Å². The summed E-state index contributed by atoms with van der Waals surface area (Å²) < 4.78 is 54.5. The van der Waals surface area contributed by atoms with Crippen molar-refractivity contribution in [3.05, 3.63) is 43.7 Å². The van der Waals surface area contributed by atoms with Gasteiger partial charge in [0.05, 0.1) is 30.3 Å². The van der Waals surface area contributed by atoms with E-state index in [0.717, 1.165) is 9.98 Å². The number of nitrogens with one attached hydrogen (secondary N) is 2. The van der Waals surface area contributed by atoms with Gasteiger partial charge in [-0.1, -0.05) is 55.4 Å². The lowest BCUT2D eigenvalue weighted by atomic mass is 9.89. The second-order valence-electron chi connectivity index (χ2n) is 17.5. The monoisotopic (exact) mass is 802 g/mol. The minimum absolute atomic E-state index is 0.0688. The first-order valence-electron chi connectivity index (χ1n) is 18.0. The summed E-state index contributed by atoms with van der Waals surface area (Å²) in [4.78, 5) is 52.1. The molecule has 2 amide bonds. The molecule has 5 atom stereocenters. The third kappa shape index (κ3) is 9.60. The summed E-state index contributed by atoms with van der Waals surface area (Å²) in [5.74, 6) is -1.00. The number of aryl methyl sites for hydroxylation is 1. The molecule has 0 saturated carbocycles. The Morgan fingerprint density at radius 3 is 2.13 bits per heavy atom. The van der Waals surface area contributed by atoms with Gasteiger partial charge in [0.1, 0.15) is 12.2 Å². The quantitative estimate of drug-likeness (QED) is 0.121. The molecule has 0 unspecified atom stereocenters. The van der Waals surface area contributed by atoms with E-state index in [1.54, 1.807) is 20.8 Å². The van der Waals surface area contributed by atoms with Crippen LogP contribution in [0.1, 0.15) is 73.6 Å². The summed E-state index contributed by atoms with van der Waals surface area (Å²) in [5.41, 5.74) is 9.32. The van der Waals surface area contributed by atoms with Crippen LogP contribution in [-0.2, 0) is 44.0 Å². The lowest BCUT2D eigenvalue weighted by Crippen LogP contribution is -2.59. The number of ether oxygens (including phenoxy) is 1. The summed E-state index contributed by atoms with van der Waals surface area (Å²) in [6, 6.07) is -0.749. The van der Waals surface area contributed by atoms with Crippen molar-refractivity contribution in [2.24, 2.45) is 17.4 Å². The Balaban J connectivity index is 2.03. The topological polar surface area (TPSA) is 225 Å². The zero-order chi connectivity index (χ0) is 40.7. The van der Waals surface area contributed by atoms with Crippen LogP contribution < -0.4 is 33.3 Å². The van der Waals surface area contributed by atoms with Crippen molar-refractivity contribution in [2.45, 2.75) is 142 Å². The van der Waals surface area contributed by atoms with Gasteiger partial charge in [-0.25, -0.2) is 8.98 Å². The van der Waals surface area contributed by atoms with Crippen molar-refractivity contribution in [1.82, 2.24) is 19.8 Å². The van der Waals surface area contributed by atoms with Crippen molar-refractivity contribution in [2.75, 3.05) is 19.7 Å². The Morgan fingerprint density at radius 2 is 1.62 bits per heavy atom. The number of aromatic nitrogens is 2. The Morgan fingerprint density at radius 1 is 1.04 bits per heavy atom. The van der Waals surface area contributed by atoms with E-state index in [4.69, 9.17) is 29.2 Å². The maximum atomic E-state index is 14.3. The average molecular weight is 803 g/mol. The zero-order valence-corrected chi connectivity index (χ0v) is 36.4. The number of nitrogens with two attached hydrogens (primary N) is 2. The molecule has 1 aromatic rings.